The average molecular weight is 205 g/mol. The van der Waals surface area contributed by atoms with Gasteiger partial charge in [-0.3, -0.25) is 4.79 Å². The molecule has 0 heterocycles. The number of esters is 1. The Labute approximate surface area is 74.4 Å². The van der Waals surface area contributed by atoms with Crippen LogP contribution in [0.2, 0.25) is 0 Å². The van der Waals surface area contributed by atoms with Crippen molar-refractivity contribution < 1.29 is 9.53 Å². The largest absolute Gasteiger partial charge is 0.469 e. The summed E-state index contributed by atoms with van der Waals surface area (Å²) in [7, 11) is 1.29. The Morgan fingerprint density at radius 1 is 1.50 bits per heavy atom. The molecule has 0 spiro atoms. The molecular formula is C5H7Cl3O2. The van der Waals surface area contributed by atoms with Gasteiger partial charge in [0.1, 0.15) is 0 Å². The smallest absolute Gasteiger partial charge is 0.305 e. The van der Waals surface area contributed by atoms with Crippen LogP contribution in [0.25, 0.3) is 0 Å². The van der Waals surface area contributed by atoms with Gasteiger partial charge in [-0.15, -0.1) is 0 Å². The lowest BCUT2D eigenvalue weighted by Crippen LogP contribution is -2.07. The van der Waals surface area contributed by atoms with Crippen LogP contribution in [0.15, 0.2) is 0 Å². The first-order valence-electron chi connectivity index (χ1n) is 2.59. The van der Waals surface area contributed by atoms with Crippen molar-refractivity contribution in [2.75, 3.05) is 7.11 Å². The molecule has 0 aromatic rings. The van der Waals surface area contributed by atoms with E-state index in [0.717, 1.165) is 0 Å². The minimum Gasteiger partial charge on any atom is -0.469 e. The Hall–Kier alpha value is 0.340. The first-order valence-corrected chi connectivity index (χ1v) is 3.72. The van der Waals surface area contributed by atoms with Crippen molar-refractivity contribution in [2.24, 2.45) is 0 Å². The molecule has 0 atom stereocenters. The van der Waals surface area contributed by atoms with Gasteiger partial charge in [0.25, 0.3) is 0 Å². The summed E-state index contributed by atoms with van der Waals surface area (Å²) in [6, 6.07) is 0. The summed E-state index contributed by atoms with van der Waals surface area (Å²) in [6.45, 7) is 0. The second kappa shape index (κ2) is 4.27. The predicted octanol–water partition coefficient (Wildman–Crippen LogP) is 2.31. The summed E-state index contributed by atoms with van der Waals surface area (Å²) in [6.07, 6.45) is 0.317. The SMILES string of the molecule is COC(=O)CCC(Cl)(Cl)Cl. The van der Waals surface area contributed by atoms with E-state index in [-0.39, 0.29) is 18.8 Å². The van der Waals surface area contributed by atoms with E-state index in [0.29, 0.717) is 0 Å². The van der Waals surface area contributed by atoms with Gasteiger partial charge in [0, 0.05) is 12.8 Å². The van der Waals surface area contributed by atoms with Crippen LogP contribution in [0.3, 0.4) is 0 Å². The van der Waals surface area contributed by atoms with Crippen LogP contribution >= 0.6 is 34.8 Å². The Bertz CT molecular complexity index is 119. The summed E-state index contributed by atoms with van der Waals surface area (Å²) in [5.74, 6) is -0.369. The fourth-order valence-corrected chi connectivity index (χ4v) is 0.629. The van der Waals surface area contributed by atoms with E-state index in [1.165, 1.54) is 7.11 Å². The van der Waals surface area contributed by atoms with E-state index < -0.39 is 3.79 Å². The molecule has 0 aliphatic carbocycles. The van der Waals surface area contributed by atoms with Gasteiger partial charge < -0.3 is 4.74 Å². The first kappa shape index (κ1) is 10.3. The van der Waals surface area contributed by atoms with E-state index in [4.69, 9.17) is 34.8 Å². The van der Waals surface area contributed by atoms with Gasteiger partial charge in [0.2, 0.25) is 0 Å². The lowest BCUT2D eigenvalue weighted by Gasteiger charge is -2.07. The van der Waals surface area contributed by atoms with E-state index in [9.17, 15) is 4.79 Å². The second-order valence-corrected chi connectivity index (χ2v) is 4.21. The highest BCUT2D eigenvalue weighted by Gasteiger charge is 2.20. The Kier molecular flexibility index (Phi) is 4.41. The zero-order valence-electron chi connectivity index (χ0n) is 5.36. The molecule has 5 heteroatoms. The third kappa shape index (κ3) is 6.46. The summed E-state index contributed by atoms with van der Waals surface area (Å²) < 4.78 is 2.98. The average Bonchev–Trinajstić information content (AvgIpc) is 1.81. The quantitative estimate of drug-likeness (QED) is 0.511. The van der Waals surface area contributed by atoms with Crippen LogP contribution in [0.1, 0.15) is 12.8 Å². The normalized spacial score (nSPS) is 11.2. The highest BCUT2D eigenvalue weighted by atomic mass is 35.6. The van der Waals surface area contributed by atoms with Gasteiger partial charge in [-0.25, -0.2) is 0 Å². The van der Waals surface area contributed by atoms with Gasteiger partial charge in [-0.05, 0) is 0 Å². The Morgan fingerprint density at radius 3 is 2.30 bits per heavy atom. The van der Waals surface area contributed by atoms with Gasteiger partial charge >= 0.3 is 5.97 Å². The van der Waals surface area contributed by atoms with Crippen LogP contribution in [0.4, 0.5) is 0 Å². The number of methoxy groups -OCH3 is 1. The molecule has 0 aliphatic rings. The molecule has 0 rings (SSSR count). The Balaban J connectivity index is 3.46. The lowest BCUT2D eigenvalue weighted by molar-refractivity contribution is -0.140. The Morgan fingerprint density at radius 2 is 2.00 bits per heavy atom. The van der Waals surface area contributed by atoms with Crippen molar-refractivity contribution in [1.82, 2.24) is 0 Å². The number of alkyl halides is 3. The third-order valence-corrected chi connectivity index (χ3v) is 1.41. The predicted molar refractivity (Wildman–Crippen MR) is 41.5 cm³/mol. The number of halogens is 3. The monoisotopic (exact) mass is 204 g/mol. The van der Waals surface area contributed by atoms with Gasteiger partial charge in [0.15, 0.2) is 3.79 Å². The lowest BCUT2D eigenvalue weighted by atomic mass is 10.3. The van der Waals surface area contributed by atoms with Crippen molar-refractivity contribution in [1.29, 1.82) is 0 Å². The molecule has 0 saturated carbocycles. The molecule has 10 heavy (non-hydrogen) atoms. The van der Waals surface area contributed by atoms with Gasteiger partial charge in [-0.2, -0.15) is 0 Å². The van der Waals surface area contributed by atoms with E-state index in [1.807, 2.05) is 0 Å². The fourth-order valence-electron chi connectivity index (χ4n) is 0.346. The van der Waals surface area contributed by atoms with Gasteiger partial charge in [-0.1, -0.05) is 34.8 Å². The standard InChI is InChI=1S/C5H7Cl3O2/c1-10-4(9)2-3-5(6,7)8/h2-3H2,1H3. The molecule has 0 unspecified atom stereocenters. The zero-order valence-corrected chi connectivity index (χ0v) is 7.63. The summed E-state index contributed by atoms with van der Waals surface area (Å²) in [5, 5.41) is 0. The van der Waals surface area contributed by atoms with Crippen LogP contribution in [0, 0.1) is 0 Å². The molecule has 0 aromatic carbocycles. The van der Waals surface area contributed by atoms with Crippen LogP contribution in [-0.2, 0) is 9.53 Å². The van der Waals surface area contributed by atoms with Crippen LogP contribution in [-0.4, -0.2) is 16.9 Å². The highest BCUT2D eigenvalue weighted by Crippen LogP contribution is 2.31. The molecule has 0 radical (unpaired) electrons. The minimum absolute atomic E-state index is 0.132. The molecule has 60 valence electrons. The summed E-state index contributed by atoms with van der Waals surface area (Å²) in [4.78, 5) is 10.5. The topological polar surface area (TPSA) is 26.3 Å². The van der Waals surface area contributed by atoms with E-state index in [1.54, 1.807) is 0 Å². The molecule has 0 N–H and O–H groups in total. The maximum absolute atomic E-state index is 10.5. The number of carbonyl (C=O) groups is 1. The number of hydrogen-bond donors (Lipinski definition) is 0. The molecule has 0 aromatic heterocycles. The van der Waals surface area contributed by atoms with Crippen molar-refractivity contribution in [3.63, 3.8) is 0 Å². The number of hydrogen-bond acceptors (Lipinski definition) is 2. The fraction of sp³-hybridized carbons (Fsp3) is 0.800. The van der Waals surface area contributed by atoms with Crippen molar-refractivity contribution in [3.8, 4) is 0 Å². The van der Waals surface area contributed by atoms with E-state index >= 15 is 0 Å². The second-order valence-electron chi connectivity index (χ2n) is 1.69. The summed E-state index contributed by atoms with van der Waals surface area (Å²) >= 11 is 16.1. The van der Waals surface area contributed by atoms with E-state index in [2.05, 4.69) is 4.74 Å². The number of carbonyl (C=O) groups excluding carboxylic acids is 1. The molecule has 0 fully saturated rings. The molecule has 0 bridgehead atoms. The van der Waals surface area contributed by atoms with Crippen LogP contribution < -0.4 is 0 Å². The maximum atomic E-state index is 10.5. The minimum atomic E-state index is -1.35. The highest BCUT2D eigenvalue weighted by molar-refractivity contribution is 6.67. The van der Waals surface area contributed by atoms with Crippen LogP contribution in [0.5, 0.6) is 0 Å². The molecule has 0 saturated heterocycles. The molecular weight excluding hydrogens is 198 g/mol. The number of rotatable bonds is 2. The van der Waals surface area contributed by atoms with Crippen molar-refractivity contribution in [2.45, 2.75) is 16.6 Å². The molecule has 0 aliphatic heterocycles. The number of ether oxygens (including phenoxy) is 1. The third-order valence-electron chi connectivity index (χ3n) is 0.840. The van der Waals surface area contributed by atoms with Crippen molar-refractivity contribution >= 4 is 40.8 Å². The van der Waals surface area contributed by atoms with Gasteiger partial charge in [0.05, 0.1) is 7.11 Å². The summed E-state index contributed by atoms with van der Waals surface area (Å²) in [5.41, 5.74) is 0. The molecule has 0 amide bonds. The van der Waals surface area contributed by atoms with Crippen molar-refractivity contribution in [3.05, 3.63) is 0 Å². The molecule has 2 nitrogen and oxygen atoms in total. The zero-order chi connectivity index (χ0) is 8.20. The first-order chi connectivity index (χ1) is 4.45. The maximum Gasteiger partial charge on any atom is 0.305 e.